The van der Waals surface area contributed by atoms with Gasteiger partial charge in [0, 0.05) is 18.9 Å². The maximum absolute atomic E-state index is 12.1. The molecule has 1 aliphatic carbocycles. The summed E-state index contributed by atoms with van der Waals surface area (Å²) in [7, 11) is 0. The quantitative estimate of drug-likeness (QED) is 0.860. The molecule has 2 N–H and O–H groups in total. The third-order valence-electron chi connectivity index (χ3n) is 4.18. The Hall–Kier alpha value is -2.13. The van der Waals surface area contributed by atoms with Crippen LogP contribution >= 0.6 is 0 Å². The maximum Gasteiger partial charge on any atom is 0.223 e. The molecule has 0 bridgehead atoms. The number of benzene rings is 2. The van der Waals surface area contributed by atoms with Gasteiger partial charge < -0.3 is 10.4 Å². The Morgan fingerprint density at radius 1 is 1.09 bits per heavy atom. The molecule has 1 amide bonds. The fraction of sp³-hybridized carbons (Fsp3) is 0.316. The summed E-state index contributed by atoms with van der Waals surface area (Å²) in [4.78, 5) is 12.1. The van der Waals surface area contributed by atoms with E-state index in [1.165, 1.54) is 5.56 Å². The van der Waals surface area contributed by atoms with E-state index in [9.17, 15) is 9.90 Å². The van der Waals surface area contributed by atoms with E-state index in [0.717, 1.165) is 12.0 Å². The highest BCUT2D eigenvalue weighted by molar-refractivity contribution is 5.82. The fourth-order valence-electron chi connectivity index (χ4n) is 2.86. The van der Waals surface area contributed by atoms with E-state index in [4.69, 9.17) is 0 Å². The number of hydrogen-bond acceptors (Lipinski definition) is 2. The van der Waals surface area contributed by atoms with E-state index < -0.39 is 6.10 Å². The molecule has 1 saturated carbocycles. The van der Waals surface area contributed by atoms with E-state index in [-0.39, 0.29) is 11.8 Å². The molecule has 0 saturated heterocycles. The highest BCUT2D eigenvalue weighted by Gasteiger charge is 2.43. The molecule has 0 aliphatic heterocycles. The van der Waals surface area contributed by atoms with Crippen molar-refractivity contribution < 1.29 is 9.90 Å². The summed E-state index contributed by atoms with van der Waals surface area (Å²) >= 11 is 0. The number of carbonyl (C=O) groups excluding carboxylic acids is 1. The Morgan fingerprint density at radius 3 is 2.41 bits per heavy atom. The van der Waals surface area contributed by atoms with Crippen molar-refractivity contribution in [2.45, 2.75) is 24.9 Å². The number of carbonyl (C=O) groups is 1. The van der Waals surface area contributed by atoms with E-state index >= 15 is 0 Å². The van der Waals surface area contributed by atoms with Crippen molar-refractivity contribution in [3.8, 4) is 0 Å². The first-order valence-electron chi connectivity index (χ1n) is 7.78. The molecule has 3 nitrogen and oxygen atoms in total. The van der Waals surface area contributed by atoms with Gasteiger partial charge in [-0.25, -0.2) is 0 Å². The van der Waals surface area contributed by atoms with Gasteiger partial charge in [0.05, 0.1) is 6.10 Å². The van der Waals surface area contributed by atoms with Crippen LogP contribution in [0.25, 0.3) is 0 Å². The normalized spacial score (nSPS) is 21.1. The van der Waals surface area contributed by atoms with Gasteiger partial charge in [-0.2, -0.15) is 0 Å². The van der Waals surface area contributed by atoms with E-state index in [1.807, 2.05) is 48.5 Å². The van der Waals surface area contributed by atoms with Gasteiger partial charge in [0.2, 0.25) is 5.91 Å². The minimum atomic E-state index is -0.541. The van der Waals surface area contributed by atoms with Gasteiger partial charge in [-0.15, -0.1) is 0 Å². The Kier molecular flexibility index (Phi) is 4.54. The molecule has 1 aliphatic rings. The number of nitrogens with one attached hydrogen (secondary N) is 1. The first kappa shape index (κ1) is 14.8. The number of rotatable bonds is 6. The first-order chi connectivity index (χ1) is 10.7. The second kappa shape index (κ2) is 6.75. The molecule has 114 valence electrons. The molecule has 3 atom stereocenters. The van der Waals surface area contributed by atoms with Crippen LogP contribution in [0, 0.1) is 5.92 Å². The summed E-state index contributed by atoms with van der Waals surface area (Å²) in [5, 5.41) is 12.9. The summed E-state index contributed by atoms with van der Waals surface area (Å²) in [6.07, 6.45) is 0.929. The van der Waals surface area contributed by atoms with Crippen LogP contribution in [0.4, 0.5) is 0 Å². The van der Waals surface area contributed by atoms with Gasteiger partial charge in [0.25, 0.3) is 0 Å². The molecular weight excluding hydrogens is 274 g/mol. The van der Waals surface area contributed by atoms with Crippen LogP contribution in [-0.4, -0.2) is 23.7 Å². The van der Waals surface area contributed by atoms with Crippen LogP contribution in [0.2, 0.25) is 0 Å². The van der Waals surface area contributed by atoms with Crippen LogP contribution in [0.5, 0.6) is 0 Å². The molecule has 2 aromatic carbocycles. The lowest BCUT2D eigenvalue weighted by Crippen LogP contribution is -2.34. The Morgan fingerprint density at radius 2 is 1.73 bits per heavy atom. The zero-order valence-electron chi connectivity index (χ0n) is 12.5. The lowest BCUT2D eigenvalue weighted by molar-refractivity contribution is -0.122. The topological polar surface area (TPSA) is 49.3 Å². The van der Waals surface area contributed by atoms with Crippen LogP contribution in [0.1, 0.15) is 23.5 Å². The minimum absolute atomic E-state index is 0.0564. The molecule has 0 radical (unpaired) electrons. The smallest absolute Gasteiger partial charge is 0.223 e. The summed E-state index contributed by atoms with van der Waals surface area (Å²) in [5.41, 5.74) is 2.31. The molecule has 3 heteroatoms. The fourth-order valence-corrected chi connectivity index (χ4v) is 2.86. The van der Waals surface area contributed by atoms with E-state index in [2.05, 4.69) is 17.4 Å². The van der Waals surface area contributed by atoms with Crippen molar-refractivity contribution in [2.75, 3.05) is 6.54 Å². The zero-order chi connectivity index (χ0) is 15.4. The molecule has 0 aromatic heterocycles. The average molecular weight is 295 g/mol. The molecule has 2 aromatic rings. The van der Waals surface area contributed by atoms with Crippen LogP contribution in [0.3, 0.4) is 0 Å². The third-order valence-corrected chi connectivity index (χ3v) is 4.18. The summed E-state index contributed by atoms with van der Waals surface area (Å²) in [6, 6.07) is 20.0. The van der Waals surface area contributed by atoms with Gasteiger partial charge in [0.1, 0.15) is 0 Å². The number of aliphatic hydroxyl groups is 1. The van der Waals surface area contributed by atoms with Gasteiger partial charge in [-0.1, -0.05) is 60.7 Å². The van der Waals surface area contributed by atoms with Crippen molar-refractivity contribution in [3.05, 3.63) is 71.8 Å². The molecule has 22 heavy (non-hydrogen) atoms. The van der Waals surface area contributed by atoms with Crippen molar-refractivity contribution in [1.82, 2.24) is 5.32 Å². The maximum atomic E-state index is 12.1. The molecule has 0 heterocycles. The van der Waals surface area contributed by atoms with Crippen LogP contribution in [-0.2, 0) is 11.2 Å². The van der Waals surface area contributed by atoms with Gasteiger partial charge >= 0.3 is 0 Å². The number of amides is 1. The van der Waals surface area contributed by atoms with Crippen molar-refractivity contribution >= 4 is 5.91 Å². The van der Waals surface area contributed by atoms with Crippen LogP contribution in [0.15, 0.2) is 60.7 Å². The zero-order valence-corrected chi connectivity index (χ0v) is 12.5. The first-order valence-corrected chi connectivity index (χ1v) is 7.78. The second-order valence-electron chi connectivity index (χ2n) is 5.95. The predicted octanol–water partition coefficient (Wildman–Crippen LogP) is 2.51. The van der Waals surface area contributed by atoms with Crippen LogP contribution < -0.4 is 5.32 Å². The van der Waals surface area contributed by atoms with Gasteiger partial charge in [-0.3, -0.25) is 4.79 Å². The van der Waals surface area contributed by atoms with Gasteiger partial charge in [0.15, 0.2) is 0 Å². The third kappa shape index (κ3) is 3.74. The molecule has 0 spiro atoms. The largest absolute Gasteiger partial charge is 0.391 e. The molecule has 1 fully saturated rings. The van der Waals surface area contributed by atoms with E-state index in [0.29, 0.717) is 18.9 Å². The summed E-state index contributed by atoms with van der Waals surface area (Å²) < 4.78 is 0. The standard InChI is InChI=1S/C19H21NO2/c21-16(11-14-7-3-1-4-8-14)13-20-19(22)18-12-17(18)15-9-5-2-6-10-15/h1-10,16-18,21H,11-13H2,(H,20,22). The Bertz CT molecular complexity index is 612. The second-order valence-corrected chi connectivity index (χ2v) is 5.95. The lowest BCUT2D eigenvalue weighted by atomic mass is 10.1. The predicted molar refractivity (Wildman–Crippen MR) is 86.5 cm³/mol. The number of aliphatic hydroxyl groups excluding tert-OH is 1. The van der Waals surface area contributed by atoms with Gasteiger partial charge in [-0.05, 0) is 23.5 Å². The highest BCUT2D eigenvalue weighted by Crippen LogP contribution is 2.47. The van der Waals surface area contributed by atoms with Crippen molar-refractivity contribution in [1.29, 1.82) is 0 Å². The monoisotopic (exact) mass is 295 g/mol. The van der Waals surface area contributed by atoms with E-state index in [1.54, 1.807) is 0 Å². The SMILES string of the molecule is O=C(NCC(O)Cc1ccccc1)C1CC1c1ccccc1. The highest BCUT2D eigenvalue weighted by atomic mass is 16.3. The minimum Gasteiger partial charge on any atom is -0.391 e. The lowest BCUT2D eigenvalue weighted by Gasteiger charge is -2.12. The molecule has 3 rings (SSSR count). The molecular formula is C19H21NO2. The summed E-state index contributed by atoms with van der Waals surface area (Å²) in [6.45, 7) is 0.311. The Balaban J connectivity index is 1.44. The average Bonchev–Trinajstić information content (AvgIpc) is 3.35. The molecule has 3 unspecified atom stereocenters. The van der Waals surface area contributed by atoms with Crippen molar-refractivity contribution in [2.24, 2.45) is 5.92 Å². The van der Waals surface area contributed by atoms with Crippen molar-refractivity contribution in [3.63, 3.8) is 0 Å². The number of hydrogen-bond donors (Lipinski definition) is 2. The summed E-state index contributed by atoms with van der Waals surface area (Å²) in [5.74, 6) is 0.458. The Labute approximate surface area is 131 Å².